The van der Waals surface area contributed by atoms with E-state index in [-0.39, 0.29) is 17.8 Å². The fraction of sp³-hybridized carbons (Fsp3) is 0.174. The van der Waals surface area contributed by atoms with Crippen LogP contribution in [0.3, 0.4) is 0 Å². The van der Waals surface area contributed by atoms with E-state index in [4.69, 9.17) is 0 Å². The molecule has 0 heterocycles. The van der Waals surface area contributed by atoms with Crippen molar-refractivity contribution >= 4 is 11.6 Å². The Hall–Kier alpha value is -3.51. The largest absolute Gasteiger partial charge is 0.348 e. The summed E-state index contributed by atoms with van der Waals surface area (Å²) in [4.78, 5) is 25.2. The average Bonchev–Trinajstić information content (AvgIpc) is 2.72. The van der Waals surface area contributed by atoms with Crippen molar-refractivity contribution in [3.8, 4) is 11.1 Å². The number of benzene rings is 3. The molecule has 148 valence electrons. The topological polar surface area (TPSA) is 75.5 Å². The number of hydrogen-bond donors (Lipinski definition) is 1. The van der Waals surface area contributed by atoms with E-state index in [0.717, 1.165) is 23.2 Å². The van der Waals surface area contributed by atoms with Crippen molar-refractivity contribution in [2.45, 2.75) is 13.1 Å². The van der Waals surface area contributed by atoms with E-state index in [1.807, 2.05) is 38.4 Å². The minimum absolute atomic E-state index is 0.0584. The highest BCUT2D eigenvalue weighted by atomic mass is 16.6. The number of rotatable bonds is 7. The van der Waals surface area contributed by atoms with Crippen molar-refractivity contribution in [3.05, 3.63) is 99.6 Å². The molecule has 0 saturated carbocycles. The molecule has 6 heteroatoms. The summed E-state index contributed by atoms with van der Waals surface area (Å²) >= 11 is 0. The van der Waals surface area contributed by atoms with Crippen LogP contribution in [0, 0.1) is 10.1 Å². The Morgan fingerprint density at radius 2 is 1.62 bits per heavy atom. The lowest BCUT2D eigenvalue weighted by Crippen LogP contribution is -2.24. The number of carbonyl (C=O) groups excluding carboxylic acids is 1. The van der Waals surface area contributed by atoms with Crippen molar-refractivity contribution in [2.75, 3.05) is 14.1 Å². The van der Waals surface area contributed by atoms with Crippen molar-refractivity contribution in [2.24, 2.45) is 0 Å². The fourth-order valence-corrected chi connectivity index (χ4v) is 3.21. The Morgan fingerprint density at radius 1 is 0.966 bits per heavy atom. The summed E-state index contributed by atoms with van der Waals surface area (Å²) in [6.07, 6.45) is 0. The third kappa shape index (κ3) is 5.06. The van der Waals surface area contributed by atoms with E-state index in [2.05, 4.69) is 34.5 Å². The number of nitrogens with zero attached hydrogens (tertiary/aromatic N) is 2. The molecule has 1 amide bonds. The maximum Gasteiger partial charge on any atom is 0.282 e. The second-order valence-corrected chi connectivity index (χ2v) is 7.05. The zero-order chi connectivity index (χ0) is 20.8. The molecule has 0 unspecified atom stereocenters. The number of amides is 1. The number of para-hydroxylation sites is 1. The molecule has 3 aromatic carbocycles. The Bertz CT molecular complexity index is 1010. The first kappa shape index (κ1) is 20.2. The maximum atomic E-state index is 12.5. The molecule has 29 heavy (non-hydrogen) atoms. The fourth-order valence-electron chi connectivity index (χ4n) is 3.21. The van der Waals surface area contributed by atoms with Gasteiger partial charge in [0.05, 0.1) is 4.92 Å². The Labute approximate surface area is 169 Å². The second kappa shape index (κ2) is 9.12. The molecule has 0 fully saturated rings. The third-order valence-electron chi connectivity index (χ3n) is 4.57. The molecule has 0 aliphatic heterocycles. The van der Waals surface area contributed by atoms with E-state index in [9.17, 15) is 14.9 Å². The van der Waals surface area contributed by atoms with Crippen LogP contribution in [-0.4, -0.2) is 29.8 Å². The molecule has 3 aromatic rings. The van der Waals surface area contributed by atoms with Crippen LogP contribution in [0.4, 0.5) is 5.69 Å². The minimum Gasteiger partial charge on any atom is -0.348 e. The van der Waals surface area contributed by atoms with Gasteiger partial charge in [0.25, 0.3) is 11.6 Å². The van der Waals surface area contributed by atoms with Crippen LogP contribution < -0.4 is 5.32 Å². The predicted molar refractivity (Wildman–Crippen MR) is 114 cm³/mol. The van der Waals surface area contributed by atoms with Crippen molar-refractivity contribution in [3.63, 3.8) is 0 Å². The summed E-state index contributed by atoms with van der Waals surface area (Å²) in [6, 6.07) is 22.1. The molecule has 0 aliphatic carbocycles. The molecule has 0 aliphatic rings. The number of carbonyl (C=O) groups is 1. The first-order chi connectivity index (χ1) is 14.0. The standard InChI is InChI=1S/C23H23N3O3/c1-25(2)16-17-11-13-18(14-12-17)20-8-4-3-7-19(20)15-24-23(27)21-9-5-6-10-22(21)26(28)29/h3-14H,15-16H2,1-2H3,(H,24,27). The van der Waals surface area contributed by atoms with Gasteiger partial charge >= 0.3 is 0 Å². The Balaban J connectivity index is 1.78. The number of hydrogen-bond acceptors (Lipinski definition) is 4. The molecular weight excluding hydrogens is 366 g/mol. The molecule has 0 atom stereocenters. The highest BCUT2D eigenvalue weighted by Crippen LogP contribution is 2.25. The summed E-state index contributed by atoms with van der Waals surface area (Å²) in [5, 5.41) is 14.0. The van der Waals surface area contributed by atoms with Gasteiger partial charge in [0.15, 0.2) is 0 Å². The number of nitro groups is 1. The van der Waals surface area contributed by atoms with Gasteiger partial charge in [0.1, 0.15) is 5.56 Å². The lowest BCUT2D eigenvalue weighted by atomic mass is 9.98. The molecule has 0 bridgehead atoms. The van der Waals surface area contributed by atoms with E-state index in [0.29, 0.717) is 0 Å². The smallest absolute Gasteiger partial charge is 0.282 e. The molecule has 0 radical (unpaired) electrons. The summed E-state index contributed by atoms with van der Waals surface area (Å²) in [7, 11) is 4.06. The van der Waals surface area contributed by atoms with Gasteiger partial charge in [-0.1, -0.05) is 60.7 Å². The van der Waals surface area contributed by atoms with Crippen LogP contribution in [0.1, 0.15) is 21.5 Å². The zero-order valence-electron chi connectivity index (χ0n) is 16.5. The maximum absolute atomic E-state index is 12.5. The average molecular weight is 389 g/mol. The SMILES string of the molecule is CN(C)Cc1ccc(-c2ccccc2CNC(=O)c2ccccc2[N+](=O)[O-])cc1. The summed E-state index contributed by atoms with van der Waals surface area (Å²) < 4.78 is 0. The van der Waals surface area contributed by atoms with Crippen molar-refractivity contribution < 1.29 is 9.72 Å². The van der Waals surface area contributed by atoms with Gasteiger partial charge in [0, 0.05) is 19.2 Å². The molecule has 0 spiro atoms. The van der Waals surface area contributed by atoms with E-state index >= 15 is 0 Å². The summed E-state index contributed by atoms with van der Waals surface area (Å²) in [5.41, 5.74) is 4.10. The van der Waals surface area contributed by atoms with E-state index < -0.39 is 10.8 Å². The highest BCUT2D eigenvalue weighted by molar-refractivity contribution is 5.98. The van der Waals surface area contributed by atoms with Gasteiger partial charge in [-0.25, -0.2) is 0 Å². The monoisotopic (exact) mass is 389 g/mol. The lowest BCUT2D eigenvalue weighted by molar-refractivity contribution is -0.385. The first-order valence-electron chi connectivity index (χ1n) is 9.29. The van der Waals surface area contributed by atoms with Gasteiger partial charge in [0.2, 0.25) is 0 Å². The van der Waals surface area contributed by atoms with Crippen LogP contribution in [0.15, 0.2) is 72.8 Å². The zero-order valence-corrected chi connectivity index (χ0v) is 16.5. The van der Waals surface area contributed by atoms with Gasteiger partial charge < -0.3 is 10.2 Å². The van der Waals surface area contributed by atoms with Crippen molar-refractivity contribution in [1.82, 2.24) is 10.2 Å². The van der Waals surface area contributed by atoms with E-state index in [1.54, 1.807) is 12.1 Å². The molecule has 3 rings (SSSR count). The number of nitro benzene ring substituents is 1. The quantitative estimate of drug-likeness (QED) is 0.484. The van der Waals surface area contributed by atoms with Crippen LogP contribution in [0.2, 0.25) is 0 Å². The predicted octanol–water partition coefficient (Wildman–Crippen LogP) is 4.25. The molecule has 6 nitrogen and oxygen atoms in total. The highest BCUT2D eigenvalue weighted by Gasteiger charge is 2.19. The normalized spacial score (nSPS) is 10.7. The minimum atomic E-state index is -0.544. The molecular formula is C23H23N3O3. The molecule has 0 aromatic heterocycles. The van der Waals surface area contributed by atoms with Gasteiger partial charge in [-0.05, 0) is 42.4 Å². The van der Waals surface area contributed by atoms with Gasteiger partial charge in [-0.15, -0.1) is 0 Å². The number of nitrogens with one attached hydrogen (secondary N) is 1. The first-order valence-corrected chi connectivity index (χ1v) is 9.29. The lowest BCUT2D eigenvalue weighted by Gasteiger charge is -2.13. The van der Waals surface area contributed by atoms with Crippen LogP contribution in [0.25, 0.3) is 11.1 Å². The van der Waals surface area contributed by atoms with E-state index in [1.165, 1.54) is 17.7 Å². The van der Waals surface area contributed by atoms with Gasteiger partial charge in [-0.3, -0.25) is 14.9 Å². The summed E-state index contributed by atoms with van der Waals surface area (Å²) in [6.45, 7) is 1.15. The van der Waals surface area contributed by atoms with Crippen LogP contribution >= 0.6 is 0 Å². The molecule has 1 N–H and O–H groups in total. The Morgan fingerprint density at radius 3 is 2.31 bits per heavy atom. The van der Waals surface area contributed by atoms with Crippen LogP contribution in [0.5, 0.6) is 0 Å². The van der Waals surface area contributed by atoms with Crippen LogP contribution in [-0.2, 0) is 13.1 Å². The molecule has 0 saturated heterocycles. The van der Waals surface area contributed by atoms with Crippen molar-refractivity contribution in [1.29, 1.82) is 0 Å². The van der Waals surface area contributed by atoms with Gasteiger partial charge in [-0.2, -0.15) is 0 Å². The summed E-state index contributed by atoms with van der Waals surface area (Å²) in [5.74, 6) is -0.464. The third-order valence-corrected chi connectivity index (χ3v) is 4.57. The second-order valence-electron chi connectivity index (χ2n) is 7.05. The Kier molecular flexibility index (Phi) is 6.36.